The largest absolute Gasteiger partial charge is 0.433 e. The quantitative estimate of drug-likeness (QED) is 0.790. The van der Waals surface area contributed by atoms with Crippen LogP contribution in [0.2, 0.25) is 0 Å². The highest BCUT2D eigenvalue weighted by Crippen LogP contribution is 2.70. The summed E-state index contributed by atoms with van der Waals surface area (Å²) >= 11 is 0.193. The normalized spacial score (nSPS) is 25.3. The zero-order valence-corrected chi connectivity index (χ0v) is 11.5. The average Bonchev–Trinajstić information content (AvgIpc) is 2.62. The lowest BCUT2D eigenvalue weighted by molar-refractivity contribution is -0.155. The number of alkyl halides is 3. The summed E-state index contributed by atoms with van der Waals surface area (Å²) in [4.78, 5) is 11.1. The number of rotatable bonds is 5. The van der Waals surface area contributed by atoms with Crippen LogP contribution in [0, 0.1) is 0 Å². The van der Waals surface area contributed by atoms with E-state index < -0.39 is 30.0 Å². The van der Waals surface area contributed by atoms with E-state index >= 15 is 0 Å². The first-order chi connectivity index (χ1) is 8.22. The van der Waals surface area contributed by atoms with Crippen LogP contribution in [0.15, 0.2) is 0 Å². The molecule has 0 aromatic rings. The molecular formula is C8H13F3NO4PS. The molecule has 106 valence electrons. The SMILES string of the molecule is CCOP(=O)(OCC)C1(C(F)(F)F)NC(=O)CS1. The van der Waals surface area contributed by atoms with Gasteiger partial charge in [-0.25, -0.2) is 0 Å². The van der Waals surface area contributed by atoms with E-state index in [2.05, 4.69) is 0 Å². The average molecular weight is 307 g/mol. The highest BCUT2D eigenvalue weighted by molar-refractivity contribution is 8.07. The van der Waals surface area contributed by atoms with Crippen LogP contribution in [0.3, 0.4) is 0 Å². The fourth-order valence-electron chi connectivity index (χ4n) is 1.45. The summed E-state index contributed by atoms with van der Waals surface area (Å²) in [5.41, 5.74) is 0. The predicted octanol–water partition coefficient (Wildman–Crippen LogP) is 2.33. The van der Waals surface area contributed by atoms with E-state index in [1.165, 1.54) is 13.8 Å². The van der Waals surface area contributed by atoms with Crippen molar-refractivity contribution in [2.24, 2.45) is 0 Å². The minimum Gasteiger partial charge on any atom is -0.323 e. The molecule has 1 heterocycles. The summed E-state index contributed by atoms with van der Waals surface area (Å²) in [6.07, 6.45) is -4.94. The fraction of sp³-hybridized carbons (Fsp3) is 0.875. The van der Waals surface area contributed by atoms with Gasteiger partial charge in [-0.1, -0.05) is 0 Å². The van der Waals surface area contributed by atoms with Gasteiger partial charge in [-0.2, -0.15) is 13.2 Å². The molecule has 0 aromatic heterocycles. The zero-order chi connectivity index (χ0) is 14.0. The van der Waals surface area contributed by atoms with Gasteiger partial charge in [0.2, 0.25) is 5.91 Å². The predicted molar refractivity (Wildman–Crippen MR) is 60.2 cm³/mol. The Balaban J connectivity index is 3.24. The lowest BCUT2D eigenvalue weighted by Crippen LogP contribution is -2.52. The summed E-state index contributed by atoms with van der Waals surface area (Å²) in [6, 6.07) is 0. The maximum atomic E-state index is 13.2. The molecule has 1 aliphatic heterocycles. The van der Waals surface area contributed by atoms with Crippen molar-refractivity contribution in [1.29, 1.82) is 0 Å². The molecule has 1 amide bonds. The van der Waals surface area contributed by atoms with E-state index in [-0.39, 0.29) is 25.0 Å². The van der Waals surface area contributed by atoms with Gasteiger partial charge in [-0.05, 0) is 13.8 Å². The second-order valence-corrected chi connectivity index (χ2v) is 6.99. The molecule has 1 unspecified atom stereocenters. The highest BCUT2D eigenvalue weighted by atomic mass is 32.2. The van der Waals surface area contributed by atoms with Crippen molar-refractivity contribution in [2.45, 2.75) is 24.6 Å². The number of carbonyl (C=O) groups excluding carboxylic acids is 1. The number of hydrogen-bond acceptors (Lipinski definition) is 5. The van der Waals surface area contributed by atoms with Crippen LogP contribution < -0.4 is 5.32 Å². The summed E-state index contributed by atoms with van der Waals surface area (Å²) in [6.45, 7) is 2.37. The second-order valence-electron chi connectivity index (χ2n) is 3.31. The third-order valence-electron chi connectivity index (χ3n) is 2.09. The van der Waals surface area contributed by atoms with Crippen LogP contribution in [-0.4, -0.2) is 35.7 Å². The number of nitrogens with one attached hydrogen (secondary N) is 1. The number of carbonyl (C=O) groups is 1. The van der Waals surface area contributed by atoms with Crippen LogP contribution in [0.4, 0.5) is 13.2 Å². The topological polar surface area (TPSA) is 64.6 Å². The Labute approximate surface area is 106 Å². The van der Waals surface area contributed by atoms with Crippen molar-refractivity contribution in [1.82, 2.24) is 5.32 Å². The molecule has 1 aliphatic rings. The van der Waals surface area contributed by atoms with E-state index in [1.54, 1.807) is 5.32 Å². The van der Waals surface area contributed by atoms with E-state index in [0.717, 1.165) is 0 Å². The minimum atomic E-state index is -4.94. The van der Waals surface area contributed by atoms with Crippen LogP contribution >= 0.6 is 19.4 Å². The van der Waals surface area contributed by atoms with E-state index in [4.69, 9.17) is 9.05 Å². The minimum absolute atomic E-state index is 0.193. The maximum Gasteiger partial charge on any atom is 0.433 e. The van der Waals surface area contributed by atoms with Crippen molar-refractivity contribution < 1.29 is 31.6 Å². The molecule has 0 radical (unpaired) electrons. The molecule has 0 aliphatic carbocycles. The van der Waals surface area contributed by atoms with E-state index in [9.17, 15) is 22.5 Å². The van der Waals surface area contributed by atoms with Gasteiger partial charge in [0.05, 0.1) is 19.0 Å². The molecule has 0 spiro atoms. The lowest BCUT2D eigenvalue weighted by Gasteiger charge is -2.35. The van der Waals surface area contributed by atoms with Crippen molar-refractivity contribution in [2.75, 3.05) is 19.0 Å². The van der Waals surface area contributed by atoms with Crippen molar-refractivity contribution >= 4 is 25.3 Å². The lowest BCUT2D eigenvalue weighted by atomic mass is 10.5. The van der Waals surface area contributed by atoms with Crippen LogP contribution in [0.1, 0.15) is 13.8 Å². The smallest absolute Gasteiger partial charge is 0.323 e. The zero-order valence-electron chi connectivity index (χ0n) is 9.74. The Morgan fingerprint density at radius 1 is 1.39 bits per heavy atom. The molecule has 5 nitrogen and oxygen atoms in total. The van der Waals surface area contributed by atoms with Gasteiger partial charge in [0.15, 0.2) is 0 Å². The first kappa shape index (κ1) is 15.8. The summed E-state index contributed by atoms with van der Waals surface area (Å²) in [5, 5.41) is 1.70. The Morgan fingerprint density at radius 3 is 2.17 bits per heavy atom. The highest BCUT2D eigenvalue weighted by Gasteiger charge is 2.72. The van der Waals surface area contributed by atoms with Crippen molar-refractivity contribution in [3.63, 3.8) is 0 Å². The molecule has 1 rings (SSSR count). The molecule has 1 atom stereocenters. The molecule has 0 aromatic carbocycles. The Kier molecular flexibility index (Phi) is 4.75. The van der Waals surface area contributed by atoms with Crippen LogP contribution in [0.25, 0.3) is 0 Å². The molecule has 0 bridgehead atoms. The monoisotopic (exact) mass is 307 g/mol. The van der Waals surface area contributed by atoms with Gasteiger partial charge < -0.3 is 14.4 Å². The third-order valence-corrected chi connectivity index (χ3v) is 6.64. The Bertz CT molecular complexity index is 368. The fourth-order valence-corrected chi connectivity index (χ4v) is 5.04. The van der Waals surface area contributed by atoms with Gasteiger partial charge in [0, 0.05) is 0 Å². The number of halogens is 3. The first-order valence-corrected chi connectivity index (χ1v) is 7.66. The number of thioether (sulfide) groups is 1. The van der Waals surface area contributed by atoms with Gasteiger partial charge in [-0.15, -0.1) is 11.8 Å². The van der Waals surface area contributed by atoms with Gasteiger partial charge in [-0.3, -0.25) is 9.36 Å². The third kappa shape index (κ3) is 2.54. The Morgan fingerprint density at radius 2 is 1.89 bits per heavy atom. The summed E-state index contributed by atoms with van der Waals surface area (Å²) < 4.78 is 58.2. The molecule has 18 heavy (non-hydrogen) atoms. The molecule has 10 heteroatoms. The number of hydrogen-bond donors (Lipinski definition) is 1. The van der Waals surface area contributed by atoms with Crippen LogP contribution in [-0.2, 0) is 18.4 Å². The molecule has 1 N–H and O–H groups in total. The van der Waals surface area contributed by atoms with Gasteiger partial charge in [0.1, 0.15) is 0 Å². The maximum absolute atomic E-state index is 13.2. The number of amides is 1. The molecule has 1 saturated heterocycles. The molecular weight excluding hydrogens is 294 g/mol. The molecule has 1 fully saturated rings. The van der Waals surface area contributed by atoms with Gasteiger partial charge >= 0.3 is 13.8 Å². The van der Waals surface area contributed by atoms with Crippen LogP contribution in [0.5, 0.6) is 0 Å². The van der Waals surface area contributed by atoms with Crippen molar-refractivity contribution in [3.8, 4) is 0 Å². The second kappa shape index (κ2) is 5.40. The standard InChI is InChI=1S/C8H13F3NO4PS/c1-3-15-17(14,16-4-2)8(7(9,10)11)12-6(13)5-18-8/h3-5H2,1-2H3,(H,12,13). The van der Waals surface area contributed by atoms with E-state index in [0.29, 0.717) is 0 Å². The summed E-state index contributed by atoms with van der Waals surface area (Å²) in [5.74, 6) is -1.29. The Hall–Kier alpha value is -0.240. The van der Waals surface area contributed by atoms with Crippen molar-refractivity contribution in [3.05, 3.63) is 0 Å². The molecule has 0 saturated carbocycles. The van der Waals surface area contributed by atoms with E-state index in [1.807, 2.05) is 0 Å². The first-order valence-electron chi connectivity index (χ1n) is 5.13. The summed E-state index contributed by atoms with van der Waals surface area (Å²) in [7, 11) is -4.55. The van der Waals surface area contributed by atoms with Gasteiger partial charge in [0.25, 0.3) is 4.61 Å².